The Kier molecular flexibility index (Phi) is 10.0. The minimum absolute atomic E-state index is 0.0556. The summed E-state index contributed by atoms with van der Waals surface area (Å²) >= 11 is 12.0. The van der Waals surface area contributed by atoms with E-state index in [-0.39, 0.29) is 30.4 Å². The summed E-state index contributed by atoms with van der Waals surface area (Å²) in [4.78, 5) is 31.1. The third kappa shape index (κ3) is 7.42. The third-order valence-corrected chi connectivity index (χ3v) is 7.22. The normalized spacial score (nSPS) is 22.7. The lowest BCUT2D eigenvalue weighted by atomic mass is 9.94. The molecule has 2 aliphatic heterocycles. The summed E-state index contributed by atoms with van der Waals surface area (Å²) in [5.74, 6) is 0.174. The van der Waals surface area contributed by atoms with Gasteiger partial charge in [0.1, 0.15) is 0 Å². The number of halogens is 2. The summed E-state index contributed by atoms with van der Waals surface area (Å²) in [6.45, 7) is 4.95. The summed E-state index contributed by atoms with van der Waals surface area (Å²) < 4.78 is 5.53. The topological polar surface area (TPSA) is 73.3 Å². The molecule has 2 unspecified atom stereocenters. The molecule has 7 nitrogen and oxygen atoms in total. The van der Waals surface area contributed by atoms with Crippen LogP contribution in [0.4, 0.5) is 0 Å². The second-order valence-electron chi connectivity index (χ2n) is 8.62. The smallest absolute Gasteiger partial charge is 0.246 e. The molecule has 1 aromatic carbocycles. The number of likely N-dealkylation sites (tertiary alicyclic amines) is 1. The maximum absolute atomic E-state index is 12.6. The summed E-state index contributed by atoms with van der Waals surface area (Å²) in [7, 11) is 1.69. The number of hydrogen-bond donors (Lipinski definition) is 1. The van der Waals surface area contributed by atoms with Gasteiger partial charge in [0.25, 0.3) is 0 Å². The number of piperidine rings is 1. The Morgan fingerprint density at radius 1 is 1.18 bits per heavy atom. The highest BCUT2D eigenvalue weighted by Crippen LogP contribution is 2.23. The minimum atomic E-state index is -0.118. The van der Waals surface area contributed by atoms with Crippen molar-refractivity contribution < 1.29 is 19.4 Å². The molecule has 2 atom stereocenters. The van der Waals surface area contributed by atoms with Crippen LogP contribution in [0.25, 0.3) is 6.08 Å². The van der Waals surface area contributed by atoms with E-state index < -0.39 is 0 Å². The maximum atomic E-state index is 12.6. The fraction of sp³-hybridized carbons (Fsp3) is 0.583. The molecule has 2 fully saturated rings. The Bertz CT molecular complexity index is 851. The van der Waals surface area contributed by atoms with E-state index in [1.165, 1.54) is 6.08 Å². The summed E-state index contributed by atoms with van der Waals surface area (Å²) in [6, 6.07) is 5.20. The molecule has 0 aromatic heterocycles. The molecule has 1 N–H and O–H groups in total. The van der Waals surface area contributed by atoms with Crippen molar-refractivity contribution in [2.24, 2.45) is 5.92 Å². The van der Waals surface area contributed by atoms with E-state index in [1.807, 2.05) is 4.90 Å². The van der Waals surface area contributed by atoms with Crippen LogP contribution in [0, 0.1) is 5.92 Å². The zero-order valence-electron chi connectivity index (χ0n) is 19.1. The van der Waals surface area contributed by atoms with E-state index in [0.29, 0.717) is 42.6 Å². The molecule has 2 aliphatic rings. The molecule has 3 rings (SSSR count). The van der Waals surface area contributed by atoms with Crippen molar-refractivity contribution in [3.05, 3.63) is 39.9 Å². The first-order valence-corrected chi connectivity index (χ1v) is 12.2. The first-order chi connectivity index (χ1) is 15.9. The van der Waals surface area contributed by atoms with Crippen LogP contribution in [-0.4, -0.2) is 97.3 Å². The Morgan fingerprint density at radius 3 is 2.73 bits per heavy atom. The fourth-order valence-electron chi connectivity index (χ4n) is 4.41. The highest BCUT2D eigenvalue weighted by molar-refractivity contribution is 6.42. The number of aliphatic hydroxyl groups excluding tert-OH is 1. The molecule has 0 aliphatic carbocycles. The zero-order valence-corrected chi connectivity index (χ0v) is 20.6. The lowest BCUT2D eigenvalue weighted by Crippen LogP contribution is -2.46. The summed E-state index contributed by atoms with van der Waals surface area (Å²) in [5.41, 5.74) is 0.795. The zero-order chi connectivity index (χ0) is 23.8. The van der Waals surface area contributed by atoms with E-state index >= 15 is 0 Å². The van der Waals surface area contributed by atoms with Crippen LogP contribution in [0.5, 0.6) is 0 Å². The van der Waals surface area contributed by atoms with E-state index in [1.54, 1.807) is 36.3 Å². The Labute approximate surface area is 205 Å². The van der Waals surface area contributed by atoms with Gasteiger partial charge in [-0.1, -0.05) is 29.3 Å². The van der Waals surface area contributed by atoms with Gasteiger partial charge in [0.15, 0.2) is 0 Å². The number of aliphatic hydroxyl groups is 1. The number of nitrogens with zero attached hydrogens (tertiary/aromatic N) is 3. The predicted octanol–water partition coefficient (Wildman–Crippen LogP) is 2.79. The predicted molar refractivity (Wildman–Crippen MR) is 130 cm³/mol. The van der Waals surface area contributed by atoms with Gasteiger partial charge in [-0.05, 0) is 49.7 Å². The van der Waals surface area contributed by atoms with Crippen LogP contribution < -0.4 is 0 Å². The van der Waals surface area contributed by atoms with Crippen molar-refractivity contribution in [1.29, 1.82) is 0 Å². The number of hydrogen-bond acceptors (Lipinski definition) is 5. The highest BCUT2D eigenvalue weighted by atomic mass is 35.5. The standard InChI is InChI=1S/C24H33Cl2N3O4/c1-33-22-16-27(11-7-19(22)17-30)9-2-10-28-13-14-29(12-8-24(28)32)23(31)6-4-18-3-5-20(25)21(26)15-18/h3-6,15,19,22,30H,2,7-14,16-17H2,1H3/b6-4+. The van der Waals surface area contributed by atoms with Crippen LogP contribution in [0.2, 0.25) is 10.0 Å². The molecule has 0 saturated carbocycles. The molecule has 182 valence electrons. The first-order valence-electron chi connectivity index (χ1n) is 11.5. The number of ether oxygens (including phenoxy) is 1. The van der Waals surface area contributed by atoms with Crippen molar-refractivity contribution in [3.63, 3.8) is 0 Å². The van der Waals surface area contributed by atoms with Crippen LogP contribution in [-0.2, 0) is 14.3 Å². The summed E-state index contributed by atoms with van der Waals surface area (Å²) in [5, 5.41) is 10.4. The number of benzene rings is 1. The van der Waals surface area contributed by atoms with Crippen LogP contribution in [0.1, 0.15) is 24.8 Å². The van der Waals surface area contributed by atoms with Gasteiger partial charge in [-0.25, -0.2) is 0 Å². The van der Waals surface area contributed by atoms with Gasteiger partial charge in [-0.3, -0.25) is 9.59 Å². The average molecular weight is 498 g/mol. The van der Waals surface area contributed by atoms with Crippen LogP contribution in [0.3, 0.4) is 0 Å². The molecule has 0 bridgehead atoms. The average Bonchev–Trinajstić information content (AvgIpc) is 3.01. The molecule has 2 amide bonds. The number of methoxy groups -OCH3 is 1. The van der Waals surface area contributed by atoms with E-state index in [2.05, 4.69) is 4.90 Å². The van der Waals surface area contributed by atoms with Gasteiger partial charge < -0.3 is 24.5 Å². The number of amides is 2. The molecular weight excluding hydrogens is 465 g/mol. The van der Waals surface area contributed by atoms with Gasteiger partial charge in [-0.15, -0.1) is 0 Å². The van der Waals surface area contributed by atoms with Crippen molar-refractivity contribution in [3.8, 4) is 0 Å². The monoisotopic (exact) mass is 497 g/mol. The number of carbonyl (C=O) groups is 2. The maximum Gasteiger partial charge on any atom is 0.246 e. The largest absolute Gasteiger partial charge is 0.396 e. The number of carbonyl (C=O) groups excluding carboxylic acids is 2. The van der Waals surface area contributed by atoms with E-state index in [9.17, 15) is 14.7 Å². The second kappa shape index (κ2) is 12.7. The molecule has 2 saturated heterocycles. The lowest BCUT2D eigenvalue weighted by Gasteiger charge is -2.37. The Hall–Kier alpha value is -1.64. The van der Waals surface area contributed by atoms with Gasteiger partial charge >= 0.3 is 0 Å². The lowest BCUT2D eigenvalue weighted by molar-refractivity contribution is -0.130. The Morgan fingerprint density at radius 2 is 2.00 bits per heavy atom. The minimum Gasteiger partial charge on any atom is -0.396 e. The first kappa shape index (κ1) is 26.0. The van der Waals surface area contributed by atoms with Crippen LogP contribution >= 0.6 is 23.2 Å². The quantitative estimate of drug-likeness (QED) is 0.559. The van der Waals surface area contributed by atoms with Gasteiger partial charge in [0.2, 0.25) is 11.8 Å². The molecular formula is C24H33Cl2N3O4. The van der Waals surface area contributed by atoms with Gasteiger partial charge in [-0.2, -0.15) is 0 Å². The van der Waals surface area contributed by atoms with Gasteiger partial charge in [0.05, 0.1) is 16.1 Å². The SMILES string of the molecule is COC1CN(CCCN2CCN(C(=O)/C=C/c3ccc(Cl)c(Cl)c3)CCC2=O)CCC1CO. The number of rotatable bonds is 8. The van der Waals surface area contributed by atoms with Gasteiger partial charge in [0, 0.05) is 64.9 Å². The highest BCUT2D eigenvalue weighted by Gasteiger charge is 2.29. The fourth-order valence-corrected chi connectivity index (χ4v) is 4.71. The molecule has 0 radical (unpaired) electrons. The van der Waals surface area contributed by atoms with Crippen molar-refractivity contribution >= 4 is 41.1 Å². The molecule has 9 heteroatoms. The van der Waals surface area contributed by atoms with Crippen molar-refractivity contribution in [1.82, 2.24) is 14.7 Å². The molecule has 0 spiro atoms. The van der Waals surface area contributed by atoms with E-state index in [0.717, 1.165) is 38.0 Å². The third-order valence-electron chi connectivity index (χ3n) is 6.48. The van der Waals surface area contributed by atoms with Crippen molar-refractivity contribution in [2.75, 3.05) is 59.5 Å². The Balaban J connectivity index is 1.45. The van der Waals surface area contributed by atoms with E-state index in [4.69, 9.17) is 27.9 Å². The van der Waals surface area contributed by atoms with Crippen LogP contribution in [0.15, 0.2) is 24.3 Å². The summed E-state index contributed by atoms with van der Waals surface area (Å²) in [6.07, 6.45) is 5.41. The van der Waals surface area contributed by atoms with Crippen molar-refractivity contribution in [2.45, 2.75) is 25.4 Å². The second-order valence-corrected chi connectivity index (χ2v) is 9.44. The molecule has 1 aromatic rings. The molecule has 2 heterocycles. The molecule has 33 heavy (non-hydrogen) atoms.